The van der Waals surface area contributed by atoms with E-state index in [2.05, 4.69) is 0 Å². The summed E-state index contributed by atoms with van der Waals surface area (Å²) in [6.45, 7) is 6.71. The topological polar surface area (TPSA) is 59.7 Å². The predicted octanol–water partition coefficient (Wildman–Crippen LogP) is 5.13. The summed E-state index contributed by atoms with van der Waals surface area (Å²) < 4.78 is 19.6. The Bertz CT molecular complexity index is 1270. The summed E-state index contributed by atoms with van der Waals surface area (Å²) in [6.07, 6.45) is 0.200. The van der Waals surface area contributed by atoms with E-state index in [0.29, 0.717) is 30.2 Å². The highest BCUT2D eigenvalue weighted by molar-refractivity contribution is 5.85. The number of aryl methyl sites for hydroxylation is 1. The Labute approximate surface area is 199 Å². The third kappa shape index (κ3) is 4.78. The molecule has 2 aromatic carbocycles. The molecule has 0 aliphatic heterocycles. The van der Waals surface area contributed by atoms with Crippen LogP contribution in [-0.4, -0.2) is 51.8 Å². The number of nitrogens with zero attached hydrogens (tertiary/aromatic N) is 4. The van der Waals surface area contributed by atoms with Crippen molar-refractivity contribution in [2.24, 2.45) is 0 Å². The second kappa shape index (κ2) is 10.5. The van der Waals surface area contributed by atoms with Crippen molar-refractivity contribution in [3.8, 4) is 28.3 Å². The molecule has 1 amide bonds. The van der Waals surface area contributed by atoms with Gasteiger partial charge >= 0.3 is 0 Å². The van der Waals surface area contributed by atoms with E-state index < -0.39 is 6.67 Å². The molecule has 0 unspecified atom stereocenters. The minimum Gasteiger partial charge on any atom is -0.491 e. The van der Waals surface area contributed by atoms with Crippen molar-refractivity contribution < 1.29 is 13.9 Å². The highest BCUT2D eigenvalue weighted by atomic mass is 19.1. The highest BCUT2D eigenvalue weighted by Gasteiger charge is 2.22. The molecule has 4 aromatic rings. The van der Waals surface area contributed by atoms with Crippen LogP contribution in [0.3, 0.4) is 0 Å². The first-order chi connectivity index (χ1) is 16.5. The molecule has 34 heavy (non-hydrogen) atoms. The Hall–Kier alpha value is -3.74. The van der Waals surface area contributed by atoms with E-state index in [4.69, 9.17) is 14.8 Å². The molecule has 0 fully saturated rings. The van der Waals surface area contributed by atoms with Crippen LogP contribution < -0.4 is 4.74 Å². The lowest BCUT2D eigenvalue weighted by Gasteiger charge is -2.18. The van der Waals surface area contributed by atoms with Crippen molar-refractivity contribution in [1.82, 2.24) is 19.5 Å². The maximum absolute atomic E-state index is 13.1. The molecule has 0 aliphatic carbocycles. The van der Waals surface area contributed by atoms with Crippen LogP contribution in [-0.2, 0) is 11.2 Å². The molecule has 6 nitrogen and oxygen atoms in total. The average molecular weight is 461 g/mol. The third-order valence-corrected chi connectivity index (χ3v) is 5.85. The van der Waals surface area contributed by atoms with Gasteiger partial charge in [-0.3, -0.25) is 4.79 Å². The van der Waals surface area contributed by atoms with Crippen LogP contribution in [0.1, 0.15) is 25.1 Å². The van der Waals surface area contributed by atoms with Crippen LogP contribution in [0.5, 0.6) is 5.75 Å². The summed E-state index contributed by atoms with van der Waals surface area (Å²) in [4.78, 5) is 19.9. The second-order valence-electron chi connectivity index (χ2n) is 8.02. The number of aromatic nitrogens is 3. The van der Waals surface area contributed by atoms with E-state index in [-0.39, 0.29) is 18.9 Å². The summed E-state index contributed by atoms with van der Waals surface area (Å²) in [5.74, 6) is 0.625. The number of carbonyl (C=O) groups is 1. The number of carbonyl (C=O) groups excluding carboxylic acids is 1. The first-order valence-electron chi connectivity index (χ1n) is 11.6. The van der Waals surface area contributed by atoms with Crippen molar-refractivity contribution in [3.63, 3.8) is 0 Å². The second-order valence-corrected chi connectivity index (χ2v) is 8.02. The molecule has 0 saturated carbocycles. The van der Waals surface area contributed by atoms with Gasteiger partial charge in [0.05, 0.1) is 17.8 Å². The normalized spacial score (nSPS) is 11.1. The number of hydrogen-bond acceptors (Lipinski definition) is 4. The SMILES string of the molecule is CCN(CC)C(=O)Cc1c(-c2ccc(OCCF)cc2)nn2c(C)cc(-c3ccccc3)nc12. The van der Waals surface area contributed by atoms with Crippen LogP contribution in [0, 0.1) is 6.92 Å². The molecule has 7 heteroatoms. The smallest absolute Gasteiger partial charge is 0.227 e. The van der Waals surface area contributed by atoms with Crippen molar-refractivity contribution in [3.05, 3.63) is 71.9 Å². The largest absolute Gasteiger partial charge is 0.491 e. The van der Waals surface area contributed by atoms with Crippen molar-refractivity contribution >= 4 is 11.6 Å². The Kier molecular flexibility index (Phi) is 7.21. The van der Waals surface area contributed by atoms with E-state index in [9.17, 15) is 9.18 Å². The Morgan fingerprint density at radius 2 is 1.74 bits per heavy atom. The van der Waals surface area contributed by atoms with Gasteiger partial charge in [-0.15, -0.1) is 0 Å². The van der Waals surface area contributed by atoms with Gasteiger partial charge in [-0.05, 0) is 51.1 Å². The molecule has 176 valence electrons. The monoisotopic (exact) mass is 460 g/mol. The van der Waals surface area contributed by atoms with Crippen LogP contribution in [0.25, 0.3) is 28.2 Å². The fourth-order valence-electron chi connectivity index (χ4n) is 4.06. The van der Waals surface area contributed by atoms with Crippen molar-refractivity contribution in [2.75, 3.05) is 26.4 Å². The molecule has 2 heterocycles. The number of likely N-dealkylation sites (N-methyl/N-ethyl adjacent to an activating group) is 1. The Balaban J connectivity index is 1.85. The first-order valence-corrected chi connectivity index (χ1v) is 11.6. The lowest BCUT2D eigenvalue weighted by molar-refractivity contribution is -0.130. The number of fused-ring (bicyclic) bond motifs is 1. The minimum atomic E-state index is -0.541. The van der Waals surface area contributed by atoms with Crippen molar-refractivity contribution in [2.45, 2.75) is 27.2 Å². The molecule has 2 aromatic heterocycles. The number of halogens is 1. The lowest BCUT2D eigenvalue weighted by Crippen LogP contribution is -2.31. The summed E-state index contributed by atoms with van der Waals surface area (Å²) in [5.41, 5.74) is 5.78. The van der Waals surface area contributed by atoms with Crippen LogP contribution in [0.15, 0.2) is 60.7 Å². The molecule has 4 rings (SSSR count). The molecule has 0 bridgehead atoms. The lowest BCUT2D eigenvalue weighted by atomic mass is 10.0. The maximum atomic E-state index is 13.1. The Morgan fingerprint density at radius 3 is 2.38 bits per heavy atom. The first kappa shape index (κ1) is 23.4. The number of alkyl halides is 1. The highest BCUT2D eigenvalue weighted by Crippen LogP contribution is 2.30. The zero-order valence-corrected chi connectivity index (χ0v) is 19.8. The fraction of sp³-hybridized carbons (Fsp3) is 0.296. The van der Waals surface area contributed by atoms with Crippen LogP contribution in [0.4, 0.5) is 4.39 Å². The number of rotatable bonds is 9. The van der Waals surface area contributed by atoms with Gasteiger partial charge in [-0.1, -0.05) is 30.3 Å². The molecule has 0 aliphatic rings. The standard InChI is InChI=1S/C27H29FN4O2/c1-4-31(5-2)25(33)18-23-26(21-11-13-22(14-12-21)34-16-15-28)30-32-19(3)17-24(29-27(23)32)20-9-7-6-8-10-20/h6-14,17H,4-5,15-16,18H2,1-3H3. The number of ether oxygens (including phenoxy) is 1. The molecule has 0 spiro atoms. The summed E-state index contributed by atoms with van der Waals surface area (Å²) >= 11 is 0. The van der Waals surface area contributed by atoms with Gasteiger partial charge in [0.1, 0.15) is 19.0 Å². The quantitative estimate of drug-likeness (QED) is 0.347. The van der Waals surface area contributed by atoms with Crippen LogP contribution >= 0.6 is 0 Å². The van der Waals surface area contributed by atoms with E-state index in [1.165, 1.54) is 0 Å². The van der Waals surface area contributed by atoms with Gasteiger partial charge in [-0.25, -0.2) is 13.9 Å². The van der Waals surface area contributed by atoms with Gasteiger partial charge in [-0.2, -0.15) is 5.10 Å². The summed E-state index contributed by atoms with van der Waals surface area (Å²) in [5, 5.41) is 4.86. The van der Waals surface area contributed by atoms with Crippen LogP contribution in [0.2, 0.25) is 0 Å². The molecule has 0 atom stereocenters. The van der Waals surface area contributed by atoms with E-state index in [0.717, 1.165) is 28.1 Å². The number of benzene rings is 2. The van der Waals surface area contributed by atoms with E-state index in [1.807, 2.05) is 74.2 Å². The minimum absolute atomic E-state index is 0.0166. The van der Waals surface area contributed by atoms with Crippen molar-refractivity contribution in [1.29, 1.82) is 0 Å². The maximum Gasteiger partial charge on any atom is 0.227 e. The zero-order chi connectivity index (χ0) is 24.1. The van der Waals surface area contributed by atoms with Gasteiger partial charge < -0.3 is 9.64 Å². The fourth-order valence-corrected chi connectivity index (χ4v) is 4.06. The van der Waals surface area contributed by atoms with Gasteiger partial charge in [0, 0.05) is 35.5 Å². The van der Waals surface area contributed by atoms with E-state index in [1.54, 1.807) is 16.6 Å². The predicted molar refractivity (Wildman–Crippen MR) is 132 cm³/mol. The summed E-state index contributed by atoms with van der Waals surface area (Å²) in [7, 11) is 0. The molecular formula is C27H29FN4O2. The third-order valence-electron chi connectivity index (χ3n) is 5.85. The average Bonchev–Trinajstić information content (AvgIpc) is 3.23. The molecule has 0 saturated heterocycles. The molecule has 0 radical (unpaired) electrons. The Morgan fingerprint density at radius 1 is 1.03 bits per heavy atom. The van der Waals surface area contributed by atoms with Gasteiger partial charge in [0.2, 0.25) is 5.91 Å². The summed E-state index contributed by atoms with van der Waals surface area (Å²) in [6, 6.07) is 19.3. The van der Waals surface area contributed by atoms with Gasteiger partial charge in [0.15, 0.2) is 5.65 Å². The zero-order valence-electron chi connectivity index (χ0n) is 19.8. The van der Waals surface area contributed by atoms with E-state index >= 15 is 0 Å². The van der Waals surface area contributed by atoms with Gasteiger partial charge in [0.25, 0.3) is 0 Å². The molecular weight excluding hydrogens is 431 g/mol. The number of hydrogen-bond donors (Lipinski definition) is 0. The number of amides is 1. The molecule has 0 N–H and O–H groups in total.